The molecule has 0 saturated heterocycles. The highest BCUT2D eigenvalue weighted by molar-refractivity contribution is 5.81. The smallest absolute Gasteiger partial charge is 0.165 e. The number of methoxy groups -OCH3 is 1. The Kier molecular flexibility index (Phi) is 4.46. The van der Waals surface area contributed by atoms with Crippen molar-refractivity contribution < 1.29 is 9.13 Å². The first kappa shape index (κ1) is 17.0. The molecule has 0 unspecified atom stereocenters. The number of fused-ring (bicyclic) bond motifs is 1. The van der Waals surface area contributed by atoms with Gasteiger partial charge in [0.25, 0.3) is 0 Å². The van der Waals surface area contributed by atoms with Crippen LogP contribution in [0.3, 0.4) is 0 Å². The van der Waals surface area contributed by atoms with Crippen LogP contribution in [0.25, 0.3) is 16.8 Å². The van der Waals surface area contributed by atoms with Crippen LogP contribution in [0.5, 0.6) is 5.75 Å². The van der Waals surface area contributed by atoms with Gasteiger partial charge < -0.3 is 10.1 Å². The van der Waals surface area contributed by atoms with Crippen molar-refractivity contribution in [1.29, 1.82) is 0 Å². The molecule has 0 aliphatic rings. The number of nitrogens with zero attached hydrogens (tertiary/aromatic N) is 3. The van der Waals surface area contributed by atoms with E-state index in [0.29, 0.717) is 17.8 Å². The summed E-state index contributed by atoms with van der Waals surface area (Å²) in [5.41, 5.74) is 4.15. The number of anilines is 1. The Labute approximate surface area is 156 Å². The summed E-state index contributed by atoms with van der Waals surface area (Å²) in [6, 6.07) is 16.9. The van der Waals surface area contributed by atoms with Crippen molar-refractivity contribution in [3.63, 3.8) is 0 Å². The van der Waals surface area contributed by atoms with Crippen LogP contribution in [-0.2, 0) is 6.54 Å². The summed E-state index contributed by atoms with van der Waals surface area (Å²) in [7, 11) is 1.45. The van der Waals surface area contributed by atoms with Crippen LogP contribution >= 0.6 is 0 Å². The van der Waals surface area contributed by atoms with Crippen molar-refractivity contribution in [2.24, 2.45) is 0 Å². The Morgan fingerprint density at radius 1 is 1.11 bits per heavy atom. The Balaban J connectivity index is 1.73. The Hall–Kier alpha value is -3.41. The molecule has 27 heavy (non-hydrogen) atoms. The van der Waals surface area contributed by atoms with Gasteiger partial charge in [0.05, 0.1) is 12.8 Å². The minimum Gasteiger partial charge on any atom is -0.494 e. The predicted molar refractivity (Wildman–Crippen MR) is 103 cm³/mol. The van der Waals surface area contributed by atoms with E-state index in [0.717, 1.165) is 17.1 Å². The summed E-state index contributed by atoms with van der Waals surface area (Å²) in [5, 5.41) is 8.00. The van der Waals surface area contributed by atoms with Crippen molar-refractivity contribution in [3.8, 4) is 16.9 Å². The normalized spacial score (nSPS) is 10.9. The average molecular weight is 362 g/mol. The molecule has 0 aliphatic heterocycles. The molecule has 2 aromatic heterocycles. The maximum absolute atomic E-state index is 14.2. The SMILES string of the molecule is COc1ccc(-c2c(C)nn3c(NCc4ccccc4)ccnc23)cc1F. The van der Waals surface area contributed by atoms with Gasteiger partial charge in [-0.25, -0.2) is 9.37 Å². The number of hydrogen-bond donors (Lipinski definition) is 1. The molecule has 0 bridgehead atoms. The fraction of sp³-hybridized carbons (Fsp3) is 0.143. The Bertz CT molecular complexity index is 1090. The van der Waals surface area contributed by atoms with Gasteiger partial charge in [0, 0.05) is 18.3 Å². The van der Waals surface area contributed by atoms with E-state index in [1.165, 1.54) is 18.7 Å². The second-order valence-corrected chi connectivity index (χ2v) is 6.21. The fourth-order valence-electron chi connectivity index (χ4n) is 3.13. The van der Waals surface area contributed by atoms with Gasteiger partial charge in [0.1, 0.15) is 5.82 Å². The van der Waals surface area contributed by atoms with E-state index in [1.54, 1.807) is 16.8 Å². The molecule has 4 aromatic rings. The van der Waals surface area contributed by atoms with E-state index in [9.17, 15) is 4.39 Å². The molecule has 0 fully saturated rings. The van der Waals surface area contributed by atoms with E-state index in [-0.39, 0.29) is 5.75 Å². The first-order valence-electron chi connectivity index (χ1n) is 8.63. The first-order chi connectivity index (χ1) is 13.2. The lowest BCUT2D eigenvalue weighted by atomic mass is 10.1. The maximum atomic E-state index is 14.2. The Morgan fingerprint density at radius 2 is 1.93 bits per heavy atom. The number of aromatic nitrogens is 3. The van der Waals surface area contributed by atoms with Gasteiger partial charge in [-0.05, 0) is 36.2 Å². The molecule has 5 nitrogen and oxygen atoms in total. The fourth-order valence-corrected chi connectivity index (χ4v) is 3.13. The molecule has 6 heteroatoms. The summed E-state index contributed by atoms with van der Waals surface area (Å²) < 4.78 is 20.9. The molecule has 0 saturated carbocycles. The van der Waals surface area contributed by atoms with Crippen molar-refractivity contribution in [2.75, 3.05) is 12.4 Å². The number of aryl methyl sites for hydroxylation is 1. The van der Waals surface area contributed by atoms with Gasteiger partial charge in [-0.15, -0.1) is 0 Å². The van der Waals surface area contributed by atoms with Gasteiger partial charge >= 0.3 is 0 Å². The molecule has 136 valence electrons. The van der Waals surface area contributed by atoms with Crippen LogP contribution in [0, 0.1) is 12.7 Å². The molecule has 0 amide bonds. The summed E-state index contributed by atoms with van der Waals surface area (Å²) in [6.07, 6.45) is 1.73. The molecular formula is C21H19FN4O. The zero-order chi connectivity index (χ0) is 18.8. The van der Waals surface area contributed by atoms with Crippen LogP contribution in [0.4, 0.5) is 10.2 Å². The number of halogens is 1. The van der Waals surface area contributed by atoms with Gasteiger partial charge in [-0.1, -0.05) is 36.4 Å². The zero-order valence-corrected chi connectivity index (χ0v) is 15.1. The minimum atomic E-state index is -0.410. The molecule has 2 aromatic carbocycles. The number of nitrogens with one attached hydrogen (secondary N) is 1. The standard InChI is InChI=1S/C21H19FN4O/c1-14-20(16-8-9-18(27-2)17(22)12-16)21-23-11-10-19(26(21)25-14)24-13-15-6-4-3-5-7-15/h3-12,24H,13H2,1-2H3. The van der Waals surface area contributed by atoms with Gasteiger partial charge in [0.2, 0.25) is 0 Å². The van der Waals surface area contributed by atoms with E-state index in [1.807, 2.05) is 37.3 Å². The van der Waals surface area contributed by atoms with E-state index in [2.05, 4.69) is 27.5 Å². The van der Waals surface area contributed by atoms with E-state index < -0.39 is 5.82 Å². The second-order valence-electron chi connectivity index (χ2n) is 6.21. The third-order valence-corrected chi connectivity index (χ3v) is 4.45. The number of ether oxygens (including phenoxy) is 1. The first-order valence-corrected chi connectivity index (χ1v) is 8.63. The monoisotopic (exact) mass is 362 g/mol. The van der Waals surface area contributed by atoms with Crippen LogP contribution < -0.4 is 10.1 Å². The van der Waals surface area contributed by atoms with Crippen molar-refractivity contribution in [1.82, 2.24) is 14.6 Å². The summed E-state index contributed by atoms with van der Waals surface area (Å²) in [4.78, 5) is 4.47. The maximum Gasteiger partial charge on any atom is 0.165 e. The molecule has 2 heterocycles. The highest BCUT2D eigenvalue weighted by Gasteiger charge is 2.16. The van der Waals surface area contributed by atoms with Gasteiger partial charge in [-0.3, -0.25) is 0 Å². The molecule has 0 aliphatic carbocycles. The van der Waals surface area contributed by atoms with Crippen molar-refractivity contribution >= 4 is 11.5 Å². The van der Waals surface area contributed by atoms with E-state index in [4.69, 9.17) is 4.74 Å². The molecule has 0 spiro atoms. The van der Waals surface area contributed by atoms with Crippen LogP contribution in [-0.4, -0.2) is 21.7 Å². The molecule has 0 radical (unpaired) electrons. The summed E-state index contributed by atoms with van der Waals surface area (Å²) >= 11 is 0. The minimum absolute atomic E-state index is 0.214. The lowest BCUT2D eigenvalue weighted by molar-refractivity contribution is 0.386. The Morgan fingerprint density at radius 3 is 2.67 bits per heavy atom. The summed E-state index contributed by atoms with van der Waals surface area (Å²) in [6.45, 7) is 2.57. The predicted octanol–water partition coefficient (Wildman–Crippen LogP) is 4.46. The van der Waals surface area contributed by atoms with Gasteiger partial charge in [0.15, 0.2) is 17.2 Å². The molecular weight excluding hydrogens is 343 g/mol. The second kappa shape index (κ2) is 7.07. The largest absolute Gasteiger partial charge is 0.494 e. The van der Waals surface area contributed by atoms with Crippen LogP contribution in [0.2, 0.25) is 0 Å². The third kappa shape index (κ3) is 3.21. The molecule has 0 atom stereocenters. The number of rotatable bonds is 5. The van der Waals surface area contributed by atoms with Crippen LogP contribution in [0.15, 0.2) is 60.8 Å². The highest BCUT2D eigenvalue weighted by Crippen LogP contribution is 2.31. The molecule has 1 N–H and O–H groups in total. The lowest BCUT2D eigenvalue weighted by Crippen LogP contribution is -2.05. The van der Waals surface area contributed by atoms with Crippen molar-refractivity contribution in [3.05, 3.63) is 77.9 Å². The lowest BCUT2D eigenvalue weighted by Gasteiger charge is -2.08. The molecule has 4 rings (SSSR count). The van der Waals surface area contributed by atoms with Crippen LogP contribution in [0.1, 0.15) is 11.3 Å². The third-order valence-electron chi connectivity index (χ3n) is 4.45. The average Bonchev–Trinajstić information content (AvgIpc) is 3.03. The highest BCUT2D eigenvalue weighted by atomic mass is 19.1. The zero-order valence-electron chi connectivity index (χ0n) is 15.1. The van der Waals surface area contributed by atoms with Gasteiger partial charge in [-0.2, -0.15) is 9.61 Å². The topological polar surface area (TPSA) is 51.5 Å². The quantitative estimate of drug-likeness (QED) is 0.569. The number of hydrogen-bond acceptors (Lipinski definition) is 4. The van der Waals surface area contributed by atoms with E-state index >= 15 is 0 Å². The van der Waals surface area contributed by atoms with Crippen molar-refractivity contribution in [2.45, 2.75) is 13.5 Å². The number of benzene rings is 2. The summed E-state index contributed by atoms with van der Waals surface area (Å²) in [5.74, 6) is 0.630.